The molecule has 20 nitrogen and oxygen atoms in total. The largest absolute Gasteiger partial charge is 0.354 e. The second-order valence-corrected chi connectivity index (χ2v) is 16.3. The van der Waals surface area contributed by atoms with Crippen molar-refractivity contribution < 1.29 is 9.59 Å². The van der Waals surface area contributed by atoms with Crippen molar-refractivity contribution in [2.45, 2.75) is 109 Å². The van der Waals surface area contributed by atoms with Crippen LogP contribution in [0, 0.1) is 6.92 Å². The van der Waals surface area contributed by atoms with Gasteiger partial charge in [0, 0.05) is 51.5 Å². The Morgan fingerprint density at radius 3 is 1.93 bits per heavy atom. The van der Waals surface area contributed by atoms with E-state index in [1.807, 2.05) is 13.1 Å². The van der Waals surface area contributed by atoms with Gasteiger partial charge in [-0.2, -0.15) is 20.2 Å². The lowest BCUT2D eigenvalue weighted by Crippen LogP contribution is -2.43. The summed E-state index contributed by atoms with van der Waals surface area (Å²) in [6, 6.07) is 3.62. The van der Waals surface area contributed by atoms with Crippen LogP contribution in [0.25, 0.3) is 23.3 Å². The lowest BCUT2D eigenvalue weighted by Gasteiger charge is -2.41. The summed E-state index contributed by atoms with van der Waals surface area (Å²) in [7, 11) is 5.00. The van der Waals surface area contributed by atoms with E-state index in [2.05, 4.69) is 58.5 Å². The maximum atomic E-state index is 12.7. The molecule has 1 N–H and O–H groups in total. The Morgan fingerprint density at radius 1 is 0.733 bits per heavy atom. The van der Waals surface area contributed by atoms with Crippen LogP contribution in [0.5, 0.6) is 0 Å². The number of hydrogen-bond donors (Lipinski definition) is 1. The van der Waals surface area contributed by atoms with Gasteiger partial charge in [0.15, 0.2) is 34.7 Å². The first-order valence-electron chi connectivity index (χ1n) is 20.9. The zero-order valence-electron chi connectivity index (χ0n) is 34.6. The molecule has 6 aromatic heterocycles. The van der Waals surface area contributed by atoms with Gasteiger partial charge in [-0.1, -0.05) is 26.7 Å². The predicted molar refractivity (Wildman–Crippen MR) is 218 cm³/mol. The summed E-state index contributed by atoms with van der Waals surface area (Å²) in [6.45, 7) is 6.31. The van der Waals surface area contributed by atoms with Crippen molar-refractivity contribution in [2.75, 3.05) is 30.9 Å². The van der Waals surface area contributed by atoms with Crippen LogP contribution in [-0.2, 0) is 0 Å². The summed E-state index contributed by atoms with van der Waals surface area (Å²) in [6.07, 6.45) is 15.8. The van der Waals surface area contributed by atoms with Crippen molar-refractivity contribution in [1.82, 2.24) is 79.2 Å². The smallest absolute Gasteiger partial charge is 0.273 e. The maximum Gasteiger partial charge on any atom is 0.273 e. The van der Waals surface area contributed by atoms with Crippen molar-refractivity contribution in [3.8, 4) is 23.3 Å². The molecule has 4 aliphatic rings. The third-order valence-corrected chi connectivity index (χ3v) is 12.6. The molecule has 8 heterocycles. The molecule has 0 bridgehead atoms. The van der Waals surface area contributed by atoms with Gasteiger partial charge < -0.3 is 20.0 Å². The van der Waals surface area contributed by atoms with Crippen LogP contribution in [0.1, 0.15) is 134 Å². The molecule has 2 unspecified atom stereocenters. The van der Waals surface area contributed by atoms with Crippen molar-refractivity contribution in [3.63, 3.8) is 0 Å². The van der Waals surface area contributed by atoms with Gasteiger partial charge in [0.25, 0.3) is 23.7 Å². The Morgan fingerprint density at radius 2 is 1.30 bits per heavy atom. The Labute approximate surface area is 346 Å². The number of nitrogens with zero attached hydrogens (tertiary/aromatic N) is 17. The van der Waals surface area contributed by atoms with E-state index < -0.39 is 0 Å². The van der Waals surface area contributed by atoms with Crippen molar-refractivity contribution in [2.24, 2.45) is 0 Å². The van der Waals surface area contributed by atoms with E-state index in [0.717, 1.165) is 91.3 Å². The van der Waals surface area contributed by atoms with Crippen LogP contribution in [0.3, 0.4) is 0 Å². The Bertz CT molecular complexity index is 2610. The van der Waals surface area contributed by atoms with Gasteiger partial charge in [0.2, 0.25) is 0 Å². The third-order valence-electron chi connectivity index (χ3n) is 12.6. The highest BCUT2D eigenvalue weighted by molar-refractivity contribution is 5.92. The lowest BCUT2D eigenvalue weighted by atomic mass is 10.0. The molecule has 310 valence electrons. The number of amides is 2. The fraction of sp³-hybridized carbons (Fsp3) is 0.500. The van der Waals surface area contributed by atoms with Gasteiger partial charge in [-0.15, -0.1) is 20.4 Å². The van der Waals surface area contributed by atoms with Crippen LogP contribution in [0.15, 0.2) is 36.9 Å². The minimum Gasteiger partial charge on any atom is -0.354 e. The molecule has 10 rings (SSSR count). The summed E-state index contributed by atoms with van der Waals surface area (Å²) in [5, 5.41) is 30.8. The molecule has 2 aliphatic heterocycles. The summed E-state index contributed by atoms with van der Waals surface area (Å²) in [4.78, 5) is 51.4. The quantitative estimate of drug-likeness (QED) is 0.219. The molecular formula is C40H48N18O2. The first-order chi connectivity index (χ1) is 29.2. The van der Waals surface area contributed by atoms with Crippen LogP contribution in [0.4, 0.5) is 11.6 Å². The highest BCUT2D eigenvalue weighted by Crippen LogP contribution is 2.49. The molecule has 2 saturated carbocycles. The summed E-state index contributed by atoms with van der Waals surface area (Å²) in [5.74, 6) is 5.42. The molecule has 0 spiro atoms. The lowest BCUT2D eigenvalue weighted by molar-refractivity contribution is 0.0821. The van der Waals surface area contributed by atoms with Crippen LogP contribution < -0.4 is 15.1 Å². The third kappa shape index (κ3) is 5.85. The summed E-state index contributed by atoms with van der Waals surface area (Å²) >= 11 is 0. The molecule has 0 saturated heterocycles. The fourth-order valence-corrected chi connectivity index (χ4v) is 9.81. The van der Waals surface area contributed by atoms with Crippen molar-refractivity contribution >= 4 is 23.5 Å². The first-order valence-corrected chi connectivity index (χ1v) is 20.9. The molecule has 0 radical (unpaired) electrons. The molecular weight excluding hydrogens is 765 g/mol. The number of fused-ring (bicyclic) bond motifs is 6. The molecule has 2 fully saturated rings. The van der Waals surface area contributed by atoms with E-state index >= 15 is 0 Å². The standard InChI is InChI=1S/C40H48N18O2/c1-7-28-35-48-46-22(3)55(35)30-20-42-39(53-17-15-26(50-53)37(59)41-4)44-33(30)57(28)25-14-13-23(19-25)32-47-49-36-29(8-2)56(24-11-9-10-12-24)34-31(58(32)36)21-43-40(45-34)54-18-16-27(51-54)38(60)52(5)6/h15-18,20-21,23-25,28-29H,7-14,19H2,1-6H3,(H,41,59)/t23?,25?,28-,29-/m1/s1. The molecule has 4 atom stereocenters. The number of aromatic nitrogens is 14. The molecule has 60 heavy (non-hydrogen) atoms. The van der Waals surface area contributed by atoms with E-state index in [-0.39, 0.29) is 41.6 Å². The first kappa shape index (κ1) is 37.7. The van der Waals surface area contributed by atoms with E-state index in [9.17, 15) is 9.59 Å². The predicted octanol–water partition coefficient (Wildman–Crippen LogP) is 3.99. The maximum absolute atomic E-state index is 12.7. The second-order valence-electron chi connectivity index (χ2n) is 16.3. The topological polar surface area (TPSA) is 205 Å². The zero-order chi connectivity index (χ0) is 41.4. The average Bonchev–Trinajstić information content (AvgIpc) is 4.13. The number of carbonyl (C=O) groups is 2. The highest BCUT2D eigenvalue weighted by atomic mass is 16.2. The molecule has 20 heteroatoms. The zero-order valence-corrected chi connectivity index (χ0v) is 34.6. The normalized spacial score (nSPS) is 20.8. The second kappa shape index (κ2) is 14.6. The van der Waals surface area contributed by atoms with E-state index in [4.69, 9.17) is 30.1 Å². The minimum atomic E-state index is -0.285. The van der Waals surface area contributed by atoms with Gasteiger partial charge in [0.1, 0.15) is 23.0 Å². The van der Waals surface area contributed by atoms with Crippen molar-refractivity contribution in [1.29, 1.82) is 0 Å². The van der Waals surface area contributed by atoms with Crippen LogP contribution >= 0.6 is 0 Å². The van der Waals surface area contributed by atoms with Gasteiger partial charge in [-0.05, 0) is 64.0 Å². The van der Waals surface area contributed by atoms with Crippen molar-refractivity contribution in [3.05, 3.63) is 71.6 Å². The van der Waals surface area contributed by atoms with Gasteiger partial charge in [-0.3, -0.25) is 18.7 Å². The Balaban J connectivity index is 1.03. The summed E-state index contributed by atoms with van der Waals surface area (Å²) in [5.41, 5.74) is 2.27. The number of carbonyl (C=O) groups excluding carboxylic acids is 2. The molecule has 6 aromatic rings. The fourth-order valence-electron chi connectivity index (χ4n) is 9.81. The van der Waals surface area contributed by atoms with E-state index in [0.29, 0.717) is 23.6 Å². The SMILES string of the molecule is CC[C@@H]1c2nnc(C)n2-c2cnc(-n3ccc(C(=O)NC)n3)nc2N1C1CCC(c2nnc3n2-c2cnc(-n4ccc(C(=O)N(C)C)n4)nc2N(C2CCCC2)[C@@H]3CC)C1. The number of aryl methyl sites for hydroxylation is 1. The number of anilines is 2. The Hall–Kier alpha value is -6.60. The van der Waals surface area contributed by atoms with Gasteiger partial charge >= 0.3 is 0 Å². The van der Waals surface area contributed by atoms with Gasteiger partial charge in [-0.25, -0.2) is 19.3 Å². The molecule has 0 aromatic carbocycles. The number of nitrogens with one attached hydrogen (secondary N) is 1. The van der Waals surface area contributed by atoms with Crippen LogP contribution in [-0.4, -0.2) is 119 Å². The molecule has 2 aliphatic carbocycles. The van der Waals surface area contributed by atoms with Gasteiger partial charge in [0.05, 0.1) is 24.5 Å². The number of rotatable bonds is 9. The molecule has 2 amide bonds. The minimum absolute atomic E-state index is 0.0281. The van der Waals surface area contributed by atoms with Crippen LogP contribution in [0.2, 0.25) is 0 Å². The van der Waals surface area contributed by atoms with E-state index in [1.165, 1.54) is 22.4 Å². The van der Waals surface area contributed by atoms with E-state index in [1.54, 1.807) is 56.5 Å². The monoisotopic (exact) mass is 812 g/mol. The highest BCUT2D eigenvalue weighted by Gasteiger charge is 2.45. The summed E-state index contributed by atoms with van der Waals surface area (Å²) < 4.78 is 7.40. The Kier molecular flexibility index (Phi) is 9.16. The average molecular weight is 813 g/mol. The number of hydrogen-bond acceptors (Lipinski definition) is 14.